The zero-order valence-corrected chi connectivity index (χ0v) is 8.41. The van der Waals surface area contributed by atoms with Gasteiger partial charge in [0, 0.05) is 11.6 Å². The first-order chi connectivity index (χ1) is 6.25. The normalized spacial score (nSPS) is 8.54. The number of hydrogen-bond acceptors (Lipinski definition) is 2. The molecule has 13 heavy (non-hydrogen) atoms. The summed E-state index contributed by atoms with van der Waals surface area (Å²) in [7, 11) is 0. The molecule has 0 N–H and O–H groups in total. The van der Waals surface area contributed by atoms with Gasteiger partial charge in [0.25, 0.3) is 5.69 Å². The fraction of sp³-hybridized carbons (Fsp3) is 0.333. The molecule has 3 nitrogen and oxygen atoms in total. The van der Waals surface area contributed by atoms with Gasteiger partial charge in [0.2, 0.25) is 0 Å². The summed E-state index contributed by atoms with van der Waals surface area (Å²) in [6.07, 6.45) is 0. The molecule has 0 saturated carbocycles. The van der Waals surface area contributed by atoms with Gasteiger partial charge in [0.05, 0.1) is 10.8 Å². The topological polar surface area (TPSA) is 43.1 Å². The Morgan fingerprint density at radius 1 is 1.38 bits per heavy atom. The van der Waals surface area contributed by atoms with Crippen molar-refractivity contribution in [3.05, 3.63) is 39.9 Å². The number of para-hydroxylation sites is 1. The quantitative estimate of drug-likeness (QED) is 0.418. The fourth-order valence-corrected chi connectivity index (χ4v) is 1.03. The van der Waals surface area contributed by atoms with Crippen molar-refractivity contribution in [2.24, 2.45) is 0 Å². The molecular formula is C9H12ClNO2. The standard InChI is InChI=1S/C7H6ClNO2.C2H6/c8-5-6-3-1-2-4-7(6)9(10)11;1-2/h1-4H,5H2;1-2H3. The molecule has 1 rings (SSSR count). The maximum absolute atomic E-state index is 10.3. The summed E-state index contributed by atoms with van der Waals surface area (Å²) in [5.41, 5.74) is 0.640. The Kier molecular flexibility index (Phi) is 5.89. The number of nitro groups is 1. The zero-order chi connectivity index (χ0) is 10.3. The van der Waals surface area contributed by atoms with Crippen LogP contribution < -0.4 is 0 Å². The Bertz CT molecular complexity index is 276. The van der Waals surface area contributed by atoms with Gasteiger partial charge >= 0.3 is 0 Å². The third-order valence-electron chi connectivity index (χ3n) is 1.33. The van der Waals surface area contributed by atoms with Gasteiger partial charge in [-0.2, -0.15) is 0 Å². The van der Waals surface area contributed by atoms with Crippen LogP contribution in [0.5, 0.6) is 0 Å². The lowest BCUT2D eigenvalue weighted by Crippen LogP contribution is -1.91. The molecule has 4 heteroatoms. The minimum absolute atomic E-state index is 0.0856. The average Bonchev–Trinajstić information content (AvgIpc) is 2.20. The number of hydrogen-bond donors (Lipinski definition) is 0. The van der Waals surface area contributed by atoms with E-state index in [1.807, 2.05) is 13.8 Å². The summed E-state index contributed by atoms with van der Waals surface area (Å²) in [6.45, 7) is 4.00. The Hall–Kier alpha value is -1.09. The van der Waals surface area contributed by atoms with Crippen molar-refractivity contribution < 1.29 is 4.92 Å². The predicted octanol–water partition coefficient (Wildman–Crippen LogP) is 3.36. The summed E-state index contributed by atoms with van der Waals surface area (Å²) in [4.78, 5) is 9.89. The molecule has 0 aliphatic carbocycles. The number of alkyl halides is 1. The van der Waals surface area contributed by atoms with Gasteiger partial charge in [-0.15, -0.1) is 11.6 Å². The van der Waals surface area contributed by atoms with E-state index in [0.717, 1.165) is 0 Å². The van der Waals surface area contributed by atoms with E-state index < -0.39 is 4.92 Å². The van der Waals surface area contributed by atoms with Crippen molar-refractivity contribution in [2.45, 2.75) is 19.7 Å². The van der Waals surface area contributed by atoms with E-state index >= 15 is 0 Å². The van der Waals surface area contributed by atoms with Gasteiger partial charge in [-0.1, -0.05) is 32.0 Å². The van der Waals surface area contributed by atoms with E-state index in [1.165, 1.54) is 6.07 Å². The van der Waals surface area contributed by atoms with E-state index in [0.29, 0.717) is 5.56 Å². The largest absolute Gasteiger partial charge is 0.273 e. The van der Waals surface area contributed by atoms with E-state index in [4.69, 9.17) is 11.6 Å². The molecule has 0 unspecified atom stereocenters. The third kappa shape index (κ3) is 3.42. The number of nitro benzene ring substituents is 1. The Morgan fingerprint density at radius 3 is 2.31 bits per heavy atom. The van der Waals surface area contributed by atoms with Gasteiger partial charge < -0.3 is 0 Å². The first-order valence-electron chi connectivity index (χ1n) is 4.04. The molecule has 0 spiro atoms. The van der Waals surface area contributed by atoms with Crippen LogP contribution in [-0.4, -0.2) is 4.92 Å². The highest BCUT2D eigenvalue weighted by Crippen LogP contribution is 2.18. The molecule has 0 heterocycles. The Morgan fingerprint density at radius 2 is 1.92 bits per heavy atom. The number of nitrogens with zero attached hydrogens (tertiary/aromatic N) is 1. The van der Waals surface area contributed by atoms with Crippen LogP contribution in [0.4, 0.5) is 5.69 Å². The third-order valence-corrected chi connectivity index (χ3v) is 1.62. The lowest BCUT2D eigenvalue weighted by atomic mass is 10.2. The minimum Gasteiger partial charge on any atom is -0.258 e. The molecule has 0 saturated heterocycles. The van der Waals surface area contributed by atoms with E-state index in [-0.39, 0.29) is 11.6 Å². The van der Waals surface area contributed by atoms with Crippen LogP contribution in [0.3, 0.4) is 0 Å². The van der Waals surface area contributed by atoms with Crippen LogP contribution in [0.15, 0.2) is 24.3 Å². The van der Waals surface area contributed by atoms with Crippen molar-refractivity contribution >= 4 is 17.3 Å². The molecule has 0 fully saturated rings. The van der Waals surface area contributed by atoms with Crippen LogP contribution in [0, 0.1) is 10.1 Å². The monoisotopic (exact) mass is 201 g/mol. The van der Waals surface area contributed by atoms with Crippen molar-refractivity contribution in [2.75, 3.05) is 0 Å². The molecule has 0 bridgehead atoms. The fourth-order valence-electron chi connectivity index (χ4n) is 0.802. The lowest BCUT2D eigenvalue weighted by Gasteiger charge is -1.95. The highest BCUT2D eigenvalue weighted by atomic mass is 35.5. The molecule has 1 aromatic rings. The first kappa shape index (κ1) is 11.9. The second-order valence-corrected chi connectivity index (χ2v) is 2.29. The molecule has 0 aliphatic heterocycles. The van der Waals surface area contributed by atoms with Crippen LogP contribution in [0.2, 0.25) is 0 Å². The van der Waals surface area contributed by atoms with E-state index in [2.05, 4.69) is 0 Å². The maximum atomic E-state index is 10.3. The predicted molar refractivity (Wildman–Crippen MR) is 54.0 cm³/mol. The van der Waals surface area contributed by atoms with Crippen LogP contribution in [0.25, 0.3) is 0 Å². The summed E-state index contributed by atoms with van der Waals surface area (Å²) >= 11 is 5.47. The Balaban J connectivity index is 0.000000671. The van der Waals surface area contributed by atoms with Gasteiger partial charge in [0.15, 0.2) is 0 Å². The van der Waals surface area contributed by atoms with Crippen LogP contribution in [-0.2, 0) is 5.88 Å². The molecule has 0 radical (unpaired) electrons. The first-order valence-corrected chi connectivity index (χ1v) is 4.57. The summed E-state index contributed by atoms with van der Waals surface area (Å²) < 4.78 is 0. The van der Waals surface area contributed by atoms with E-state index in [1.54, 1.807) is 18.2 Å². The maximum Gasteiger partial charge on any atom is 0.273 e. The van der Waals surface area contributed by atoms with Gasteiger partial charge in [0.1, 0.15) is 0 Å². The second kappa shape index (κ2) is 6.43. The average molecular weight is 202 g/mol. The van der Waals surface area contributed by atoms with Gasteiger partial charge in [-0.3, -0.25) is 10.1 Å². The molecular weight excluding hydrogens is 190 g/mol. The van der Waals surface area contributed by atoms with E-state index in [9.17, 15) is 10.1 Å². The second-order valence-electron chi connectivity index (χ2n) is 2.02. The molecule has 0 amide bonds. The van der Waals surface area contributed by atoms with Gasteiger partial charge in [-0.05, 0) is 0 Å². The number of halogens is 1. The van der Waals surface area contributed by atoms with Crippen LogP contribution >= 0.6 is 11.6 Å². The van der Waals surface area contributed by atoms with Crippen molar-refractivity contribution in [1.82, 2.24) is 0 Å². The summed E-state index contributed by atoms with van der Waals surface area (Å²) in [5.74, 6) is 0.178. The van der Waals surface area contributed by atoms with Crippen molar-refractivity contribution in [3.63, 3.8) is 0 Å². The van der Waals surface area contributed by atoms with Crippen molar-refractivity contribution in [3.8, 4) is 0 Å². The SMILES string of the molecule is CC.O=[N+]([O-])c1ccccc1CCl. The zero-order valence-electron chi connectivity index (χ0n) is 7.66. The highest BCUT2D eigenvalue weighted by Gasteiger charge is 2.09. The molecule has 72 valence electrons. The summed E-state index contributed by atoms with van der Waals surface area (Å²) in [6, 6.07) is 6.43. The smallest absolute Gasteiger partial charge is 0.258 e. The lowest BCUT2D eigenvalue weighted by molar-refractivity contribution is -0.385. The number of rotatable bonds is 2. The molecule has 0 aromatic heterocycles. The molecule has 0 atom stereocenters. The van der Waals surface area contributed by atoms with Crippen molar-refractivity contribution in [1.29, 1.82) is 0 Å². The number of benzene rings is 1. The highest BCUT2D eigenvalue weighted by molar-refractivity contribution is 6.17. The van der Waals surface area contributed by atoms with Gasteiger partial charge in [-0.25, -0.2) is 0 Å². The molecule has 0 aliphatic rings. The minimum atomic E-state index is -0.433. The summed E-state index contributed by atoms with van der Waals surface area (Å²) in [5, 5.41) is 10.3. The van der Waals surface area contributed by atoms with Crippen LogP contribution in [0.1, 0.15) is 19.4 Å². The Labute approximate surface area is 82.5 Å². The molecule has 1 aromatic carbocycles.